The molecule has 1 atom stereocenters. The number of hydrogen-bond acceptors (Lipinski definition) is 3. The smallest absolute Gasteiger partial charge is 0.232 e. The minimum atomic E-state index is 0.162. The van der Waals surface area contributed by atoms with Crippen molar-refractivity contribution in [2.24, 2.45) is 5.92 Å². The molecule has 1 heterocycles. The zero-order valence-electron chi connectivity index (χ0n) is 7.99. The van der Waals surface area contributed by atoms with Crippen LogP contribution in [-0.4, -0.2) is 16.1 Å². The van der Waals surface area contributed by atoms with Gasteiger partial charge in [-0.3, -0.25) is 0 Å². The van der Waals surface area contributed by atoms with Crippen LogP contribution in [0.15, 0.2) is 17.0 Å². The molecular weight excluding hydrogens is 232 g/mol. The van der Waals surface area contributed by atoms with Gasteiger partial charge in [0.25, 0.3) is 0 Å². The lowest BCUT2D eigenvalue weighted by molar-refractivity contribution is 0.162. The van der Waals surface area contributed by atoms with Crippen LogP contribution < -0.4 is 4.74 Å². The average molecular weight is 245 g/mol. The van der Waals surface area contributed by atoms with Gasteiger partial charge in [-0.2, -0.15) is 0 Å². The first-order chi connectivity index (χ1) is 6.09. The van der Waals surface area contributed by atoms with E-state index in [1.807, 2.05) is 6.92 Å². The number of halogens is 1. The first-order valence-corrected chi connectivity index (χ1v) is 5.03. The lowest BCUT2D eigenvalue weighted by Crippen LogP contribution is -2.19. The van der Waals surface area contributed by atoms with Crippen LogP contribution in [-0.2, 0) is 0 Å². The van der Waals surface area contributed by atoms with E-state index in [1.54, 1.807) is 12.4 Å². The zero-order chi connectivity index (χ0) is 9.84. The zero-order valence-corrected chi connectivity index (χ0v) is 9.58. The highest BCUT2D eigenvalue weighted by atomic mass is 79.9. The molecule has 0 spiro atoms. The van der Waals surface area contributed by atoms with Gasteiger partial charge in [-0.05, 0) is 28.8 Å². The highest BCUT2D eigenvalue weighted by Gasteiger charge is 2.09. The molecule has 0 bridgehead atoms. The Labute approximate surface area is 86.7 Å². The van der Waals surface area contributed by atoms with E-state index in [9.17, 15) is 0 Å². The second-order valence-corrected chi connectivity index (χ2v) is 4.06. The lowest BCUT2D eigenvalue weighted by atomic mass is 10.1. The van der Waals surface area contributed by atoms with Crippen LogP contribution in [0, 0.1) is 5.92 Å². The summed E-state index contributed by atoms with van der Waals surface area (Å²) in [5, 5.41) is 0. The van der Waals surface area contributed by atoms with Crippen molar-refractivity contribution >= 4 is 15.9 Å². The quantitative estimate of drug-likeness (QED) is 0.821. The molecule has 0 aliphatic heterocycles. The molecule has 72 valence electrons. The highest BCUT2D eigenvalue weighted by Crippen LogP contribution is 2.13. The molecule has 0 N–H and O–H groups in total. The maximum Gasteiger partial charge on any atom is 0.232 e. The maximum atomic E-state index is 5.54. The van der Waals surface area contributed by atoms with Crippen LogP contribution in [0.25, 0.3) is 0 Å². The summed E-state index contributed by atoms with van der Waals surface area (Å²) < 4.78 is 6.26. The fraction of sp³-hybridized carbons (Fsp3) is 0.556. The SMILES string of the molecule is CC(C)C(C)Oc1cnc(Br)cn1. The summed E-state index contributed by atoms with van der Waals surface area (Å²) in [6.45, 7) is 6.24. The van der Waals surface area contributed by atoms with Gasteiger partial charge < -0.3 is 4.74 Å². The highest BCUT2D eigenvalue weighted by molar-refractivity contribution is 9.10. The number of ether oxygens (including phenoxy) is 1. The molecule has 0 saturated carbocycles. The molecule has 1 aromatic heterocycles. The van der Waals surface area contributed by atoms with Gasteiger partial charge >= 0.3 is 0 Å². The van der Waals surface area contributed by atoms with E-state index < -0.39 is 0 Å². The van der Waals surface area contributed by atoms with Crippen LogP contribution in [0.4, 0.5) is 0 Å². The molecule has 1 aromatic rings. The Morgan fingerprint density at radius 1 is 1.23 bits per heavy atom. The standard InChI is InChI=1S/C9H13BrN2O/c1-6(2)7(3)13-9-5-11-8(10)4-12-9/h4-7H,1-3H3. The Bertz CT molecular complexity index is 261. The monoisotopic (exact) mass is 244 g/mol. The van der Waals surface area contributed by atoms with Gasteiger partial charge in [-0.1, -0.05) is 13.8 Å². The number of aromatic nitrogens is 2. The molecule has 0 fully saturated rings. The van der Waals surface area contributed by atoms with Crippen molar-refractivity contribution in [3.63, 3.8) is 0 Å². The Morgan fingerprint density at radius 2 is 1.92 bits per heavy atom. The van der Waals surface area contributed by atoms with Gasteiger partial charge in [0.1, 0.15) is 4.60 Å². The molecule has 3 nitrogen and oxygen atoms in total. The molecule has 1 unspecified atom stereocenters. The van der Waals surface area contributed by atoms with Crippen LogP contribution in [0.3, 0.4) is 0 Å². The van der Waals surface area contributed by atoms with Crippen molar-refractivity contribution < 1.29 is 4.74 Å². The molecule has 0 aliphatic rings. The normalized spacial score (nSPS) is 13.0. The van der Waals surface area contributed by atoms with E-state index in [2.05, 4.69) is 39.7 Å². The van der Waals surface area contributed by atoms with E-state index in [0.29, 0.717) is 11.8 Å². The summed E-state index contributed by atoms with van der Waals surface area (Å²) in [5.41, 5.74) is 0. The lowest BCUT2D eigenvalue weighted by Gasteiger charge is -2.16. The van der Waals surface area contributed by atoms with Crippen molar-refractivity contribution in [3.8, 4) is 5.88 Å². The number of hydrogen-bond donors (Lipinski definition) is 0. The minimum Gasteiger partial charge on any atom is -0.473 e. The Hall–Kier alpha value is -0.640. The van der Waals surface area contributed by atoms with Crippen LogP contribution in [0.2, 0.25) is 0 Å². The van der Waals surface area contributed by atoms with Gasteiger partial charge in [0.05, 0.1) is 18.5 Å². The first-order valence-electron chi connectivity index (χ1n) is 4.24. The van der Waals surface area contributed by atoms with E-state index >= 15 is 0 Å². The Morgan fingerprint density at radius 3 is 2.38 bits per heavy atom. The van der Waals surface area contributed by atoms with E-state index in [-0.39, 0.29) is 6.10 Å². The van der Waals surface area contributed by atoms with Gasteiger partial charge in [-0.15, -0.1) is 0 Å². The van der Waals surface area contributed by atoms with Crippen LogP contribution in [0.1, 0.15) is 20.8 Å². The molecule has 4 heteroatoms. The molecule has 0 aliphatic carbocycles. The predicted molar refractivity (Wildman–Crippen MR) is 54.7 cm³/mol. The van der Waals surface area contributed by atoms with E-state index in [0.717, 1.165) is 4.60 Å². The van der Waals surface area contributed by atoms with Crippen molar-refractivity contribution in [1.82, 2.24) is 9.97 Å². The predicted octanol–water partition coefficient (Wildman–Crippen LogP) is 2.66. The summed E-state index contributed by atoms with van der Waals surface area (Å²) >= 11 is 3.21. The molecular formula is C9H13BrN2O. The molecule has 0 aromatic carbocycles. The third-order valence-electron chi connectivity index (χ3n) is 1.84. The molecule has 13 heavy (non-hydrogen) atoms. The van der Waals surface area contributed by atoms with Crippen molar-refractivity contribution in [3.05, 3.63) is 17.0 Å². The van der Waals surface area contributed by atoms with Crippen molar-refractivity contribution in [2.75, 3.05) is 0 Å². The Balaban J connectivity index is 2.59. The summed E-state index contributed by atoms with van der Waals surface area (Å²) in [4.78, 5) is 8.09. The average Bonchev–Trinajstić information content (AvgIpc) is 2.08. The summed E-state index contributed by atoms with van der Waals surface area (Å²) in [6.07, 6.45) is 3.40. The number of nitrogens with zero attached hydrogens (tertiary/aromatic N) is 2. The fourth-order valence-electron chi connectivity index (χ4n) is 0.688. The van der Waals surface area contributed by atoms with E-state index in [4.69, 9.17) is 4.74 Å². The fourth-order valence-corrected chi connectivity index (χ4v) is 0.893. The summed E-state index contributed by atoms with van der Waals surface area (Å²) in [7, 11) is 0. The van der Waals surface area contributed by atoms with Crippen molar-refractivity contribution in [1.29, 1.82) is 0 Å². The summed E-state index contributed by atoms with van der Waals surface area (Å²) in [6, 6.07) is 0. The van der Waals surface area contributed by atoms with Gasteiger partial charge in [0.15, 0.2) is 0 Å². The van der Waals surface area contributed by atoms with Crippen LogP contribution >= 0.6 is 15.9 Å². The topological polar surface area (TPSA) is 35.0 Å². The first kappa shape index (κ1) is 10.4. The second kappa shape index (κ2) is 4.56. The van der Waals surface area contributed by atoms with Crippen LogP contribution in [0.5, 0.6) is 5.88 Å². The molecule has 0 radical (unpaired) electrons. The Kier molecular flexibility index (Phi) is 3.66. The molecule has 0 amide bonds. The van der Waals surface area contributed by atoms with Gasteiger partial charge in [0.2, 0.25) is 5.88 Å². The molecule has 1 rings (SSSR count). The number of rotatable bonds is 3. The van der Waals surface area contributed by atoms with Gasteiger partial charge in [0, 0.05) is 0 Å². The maximum absolute atomic E-state index is 5.54. The molecule has 0 saturated heterocycles. The minimum absolute atomic E-state index is 0.162. The summed E-state index contributed by atoms with van der Waals surface area (Å²) in [5.74, 6) is 1.05. The van der Waals surface area contributed by atoms with E-state index in [1.165, 1.54) is 0 Å². The second-order valence-electron chi connectivity index (χ2n) is 3.24. The largest absolute Gasteiger partial charge is 0.473 e. The van der Waals surface area contributed by atoms with Gasteiger partial charge in [-0.25, -0.2) is 9.97 Å². The third-order valence-corrected chi connectivity index (χ3v) is 2.25. The third kappa shape index (κ3) is 3.30. The van der Waals surface area contributed by atoms with Crippen molar-refractivity contribution in [2.45, 2.75) is 26.9 Å².